The van der Waals surface area contributed by atoms with Gasteiger partial charge in [-0.25, -0.2) is 0 Å². The SMILES string of the molecule is COc1c(I)ccc(CC(C)N)c1OC.Cl. The van der Waals surface area contributed by atoms with E-state index in [2.05, 4.69) is 22.6 Å². The van der Waals surface area contributed by atoms with Crippen molar-refractivity contribution in [2.45, 2.75) is 19.4 Å². The van der Waals surface area contributed by atoms with E-state index < -0.39 is 0 Å². The number of ether oxygens (including phenoxy) is 2. The van der Waals surface area contributed by atoms with E-state index >= 15 is 0 Å². The Kier molecular flexibility index (Phi) is 7.10. The molecule has 1 unspecified atom stereocenters. The average Bonchev–Trinajstić information content (AvgIpc) is 2.19. The highest BCUT2D eigenvalue weighted by Gasteiger charge is 2.14. The van der Waals surface area contributed by atoms with Crippen LogP contribution in [0.2, 0.25) is 0 Å². The van der Waals surface area contributed by atoms with Gasteiger partial charge < -0.3 is 15.2 Å². The van der Waals surface area contributed by atoms with Crippen molar-refractivity contribution in [3.8, 4) is 11.5 Å². The first-order valence-corrected chi connectivity index (χ1v) is 5.83. The van der Waals surface area contributed by atoms with Crippen molar-refractivity contribution in [2.75, 3.05) is 14.2 Å². The van der Waals surface area contributed by atoms with Gasteiger partial charge in [-0.3, -0.25) is 0 Å². The fourth-order valence-electron chi connectivity index (χ4n) is 1.50. The number of halogens is 2. The molecule has 0 saturated heterocycles. The molecule has 0 heterocycles. The lowest BCUT2D eigenvalue weighted by molar-refractivity contribution is 0.349. The van der Waals surface area contributed by atoms with E-state index in [1.54, 1.807) is 14.2 Å². The first-order chi connectivity index (χ1) is 7.10. The Labute approximate surface area is 116 Å². The van der Waals surface area contributed by atoms with Crippen molar-refractivity contribution in [3.05, 3.63) is 21.3 Å². The summed E-state index contributed by atoms with van der Waals surface area (Å²) in [5.41, 5.74) is 6.87. The van der Waals surface area contributed by atoms with E-state index in [0.717, 1.165) is 27.1 Å². The summed E-state index contributed by atoms with van der Waals surface area (Å²) < 4.78 is 11.7. The van der Waals surface area contributed by atoms with Crippen LogP contribution in [0.5, 0.6) is 11.5 Å². The van der Waals surface area contributed by atoms with Crippen molar-refractivity contribution in [2.24, 2.45) is 5.73 Å². The van der Waals surface area contributed by atoms with Gasteiger partial charge in [0.2, 0.25) is 0 Å². The van der Waals surface area contributed by atoms with Gasteiger partial charge in [0.15, 0.2) is 11.5 Å². The molecule has 0 spiro atoms. The number of hydrogen-bond donors (Lipinski definition) is 1. The summed E-state index contributed by atoms with van der Waals surface area (Å²) in [5.74, 6) is 1.58. The summed E-state index contributed by atoms with van der Waals surface area (Å²) in [6.45, 7) is 1.98. The molecular formula is C11H17ClINO2. The van der Waals surface area contributed by atoms with Crippen LogP contribution in [-0.2, 0) is 6.42 Å². The molecule has 1 atom stereocenters. The Morgan fingerprint density at radius 1 is 1.25 bits per heavy atom. The molecule has 0 aliphatic carbocycles. The van der Waals surface area contributed by atoms with Crippen molar-refractivity contribution < 1.29 is 9.47 Å². The number of nitrogens with two attached hydrogens (primary N) is 1. The predicted molar refractivity (Wildman–Crippen MR) is 76.9 cm³/mol. The minimum atomic E-state index is 0. The number of hydrogen-bond acceptors (Lipinski definition) is 3. The zero-order chi connectivity index (χ0) is 11.4. The zero-order valence-corrected chi connectivity index (χ0v) is 12.6. The highest BCUT2D eigenvalue weighted by molar-refractivity contribution is 14.1. The van der Waals surface area contributed by atoms with Crippen molar-refractivity contribution in [1.29, 1.82) is 0 Å². The maximum Gasteiger partial charge on any atom is 0.174 e. The van der Waals surface area contributed by atoms with Crippen LogP contribution in [0.15, 0.2) is 12.1 Å². The molecule has 0 amide bonds. The molecule has 0 bridgehead atoms. The van der Waals surface area contributed by atoms with Gasteiger partial charge in [-0.1, -0.05) is 6.07 Å². The molecular weight excluding hydrogens is 340 g/mol. The summed E-state index contributed by atoms with van der Waals surface area (Å²) in [5, 5.41) is 0. The number of methoxy groups -OCH3 is 2. The van der Waals surface area contributed by atoms with Crippen molar-refractivity contribution in [3.63, 3.8) is 0 Å². The Bertz CT molecular complexity index is 345. The fourth-order valence-corrected chi connectivity index (χ4v) is 2.15. The quantitative estimate of drug-likeness (QED) is 0.843. The lowest BCUT2D eigenvalue weighted by Gasteiger charge is -2.15. The smallest absolute Gasteiger partial charge is 0.174 e. The molecule has 0 aromatic heterocycles. The summed E-state index contributed by atoms with van der Waals surface area (Å²) in [4.78, 5) is 0. The van der Waals surface area contributed by atoms with Gasteiger partial charge in [0, 0.05) is 6.04 Å². The second-order valence-electron chi connectivity index (χ2n) is 3.45. The number of benzene rings is 1. The minimum Gasteiger partial charge on any atom is -0.493 e. The van der Waals surface area contributed by atoms with Crippen LogP contribution in [0, 0.1) is 3.57 Å². The van der Waals surface area contributed by atoms with E-state index in [1.807, 2.05) is 19.1 Å². The number of rotatable bonds is 4. The van der Waals surface area contributed by atoms with Gasteiger partial charge in [-0.15, -0.1) is 12.4 Å². The lowest BCUT2D eigenvalue weighted by Crippen LogP contribution is -2.18. The summed E-state index contributed by atoms with van der Waals surface area (Å²) >= 11 is 2.22. The second-order valence-corrected chi connectivity index (χ2v) is 4.62. The van der Waals surface area contributed by atoms with Gasteiger partial charge in [0.25, 0.3) is 0 Å². The topological polar surface area (TPSA) is 44.5 Å². The molecule has 92 valence electrons. The molecule has 3 nitrogen and oxygen atoms in total. The van der Waals surface area contributed by atoms with Gasteiger partial charge in [0.05, 0.1) is 17.8 Å². The van der Waals surface area contributed by atoms with Crippen LogP contribution in [0.1, 0.15) is 12.5 Å². The maximum absolute atomic E-state index is 5.78. The summed E-state index contributed by atoms with van der Waals surface area (Å²) in [7, 11) is 3.30. The second kappa shape index (κ2) is 7.19. The molecule has 2 N–H and O–H groups in total. The standard InChI is InChI=1S/C11H16INO2.ClH/c1-7(13)6-8-4-5-9(12)11(15-3)10(8)14-2;/h4-5,7H,6,13H2,1-3H3;1H. The van der Waals surface area contributed by atoms with Gasteiger partial charge in [-0.05, 0) is 47.6 Å². The third-order valence-electron chi connectivity index (χ3n) is 2.10. The molecule has 1 aromatic carbocycles. The van der Waals surface area contributed by atoms with Crippen LogP contribution in [0.25, 0.3) is 0 Å². The molecule has 1 aromatic rings. The van der Waals surface area contributed by atoms with E-state index in [1.165, 1.54) is 0 Å². The van der Waals surface area contributed by atoms with E-state index in [4.69, 9.17) is 15.2 Å². The third kappa shape index (κ3) is 3.68. The molecule has 0 fully saturated rings. The third-order valence-corrected chi connectivity index (χ3v) is 2.95. The largest absolute Gasteiger partial charge is 0.493 e. The van der Waals surface area contributed by atoms with Crippen LogP contribution in [0.3, 0.4) is 0 Å². The van der Waals surface area contributed by atoms with E-state index in [-0.39, 0.29) is 18.4 Å². The van der Waals surface area contributed by atoms with Gasteiger partial charge in [-0.2, -0.15) is 0 Å². The molecule has 0 radical (unpaired) electrons. The van der Waals surface area contributed by atoms with Crippen LogP contribution in [-0.4, -0.2) is 20.3 Å². The molecule has 5 heteroatoms. The van der Waals surface area contributed by atoms with E-state index in [0.29, 0.717) is 0 Å². The van der Waals surface area contributed by atoms with Crippen LogP contribution < -0.4 is 15.2 Å². The maximum atomic E-state index is 5.78. The van der Waals surface area contributed by atoms with Gasteiger partial charge >= 0.3 is 0 Å². The van der Waals surface area contributed by atoms with Crippen LogP contribution in [0.4, 0.5) is 0 Å². The Balaban J connectivity index is 0.00000225. The highest BCUT2D eigenvalue weighted by atomic mass is 127. The summed E-state index contributed by atoms with van der Waals surface area (Å²) in [6.07, 6.45) is 0.788. The van der Waals surface area contributed by atoms with Crippen molar-refractivity contribution >= 4 is 35.0 Å². The first-order valence-electron chi connectivity index (χ1n) is 4.75. The fraction of sp³-hybridized carbons (Fsp3) is 0.455. The minimum absolute atomic E-state index is 0. The van der Waals surface area contributed by atoms with Crippen molar-refractivity contribution in [1.82, 2.24) is 0 Å². The first kappa shape index (κ1) is 15.8. The molecule has 0 aliphatic rings. The summed E-state index contributed by atoms with van der Waals surface area (Å²) in [6, 6.07) is 4.16. The Morgan fingerprint density at radius 2 is 1.81 bits per heavy atom. The van der Waals surface area contributed by atoms with Crippen LogP contribution >= 0.6 is 35.0 Å². The Hall–Kier alpha value is -0.200. The average molecular weight is 358 g/mol. The molecule has 1 rings (SSSR count). The van der Waals surface area contributed by atoms with E-state index in [9.17, 15) is 0 Å². The molecule has 0 saturated carbocycles. The Morgan fingerprint density at radius 3 is 2.25 bits per heavy atom. The normalized spacial score (nSPS) is 11.6. The van der Waals surface area contributed by atoms with Gasteiger partial charge in [0.1, 0.15) is 0 Å². The highest BCUT2D eigenvalue weighted by Crippen LogP contribution is 2.35. The predicted octanol–water partition coefficient (Wildman–Crippen LogP) is 2.62. The lowest BCUT2D eigenvalue weighted by atomic mass is 10.1. The monoisotopic (exact) mass is 357 g/mol. The molecule has 0 aliphatic heterocycles. The zero-order valence-electron chi connectivity index (χ0n) is 9.62. The molecule has 16 heavy (non-hydrogen) atoms.